The minimum Gasteiger partial charge on any atom is -0.371 e. The van der Waals surface area contributed by atoms with Crippen LogP contribution in [-0.2, 0) is 30.7 Å². The summed E-state index contributed by atoms with van der Waals surface area (Å²) in [5.74, 6) is 0.890. The van der Waals surface area contributed by atoms with Gasteiger partial charge in [-0.15, -0.1) is 5.10 Å². The molecular weight excluding hydrogens is 598 g/mol. The third-order valence-electron chi connectivity index (χ3n) is 9.09. The Kier molecular flexibility index (Phi) is 9.19. The molecular formula is C32H38F6N6O. The van der Waals surface area contributed by atoms with Gasteiger partial charge in [-0.1, -0.05) is 22.8 Å². The minimum absolute atomic E-state index is 0.119. The Balaban J connectivity index is 1.55. The van der Waals surface area contributed by atoms with Crippen LogP contribution in [0.4, 0.5) is 38.0 Å². The topological polar surface area (TPSA) is 67.2 Å². The zero-order valence-corrected chi connectivity index (χ0v) is 25.8. The minimum atomic E-state index is -4.96. The summed E-state index contributed by atoms with van der Waals surface area (Å²) in [5.41, 5.74) is 1.10. The van der Waals surface area contributed by atoms with Crippen molar-refractivity contribution in [3.63, 3.8) is 0 Å². The second kappa shape index (κ2) is 12.6. The molecule has 45 heavy (non-hydrogen) atoms. The first-order chi connectivity index (χ1) is 21.1. The van der Waals surface area contributed by atoms with E-state index in [1.807, 2.05) is 13.8 Å². The summed E-state index contributed by atoms with van der Waals surface area (Å²) in [6, 6.07) is 5.38. The van der Waals surface area contributed by atoms with Gasteiger partial charge in [-0.25, -0.2) is 0 Å². The van der Waals surface area contributed by atoms with E-state index in [1.54, 1.807) is 18.9 Å². The van der Waals surface area contributed by atoms with E-state index in [0.717, 1.165) is 79.7 Å². The number of alkyl halides is 6. The fourth-order valence-electron chi connectivity index (χ4n) is 7.01. The molecule has 3 aromatic rings. The highest BCUT2D eigenvalue weighted by Crippen LogP contribution is 2.43. The smallest absolute Gasteiger partial charge is 0.371 e. The van der Waals surface area contributed by atoms with E-state index < -0.39 is 29.5 Å². The van der Waals surface area contributed by atoms with Gasteiger partial charge in [0.25, 0.3) is 5.95 Å². The molecule has 2 aliphatic rings. The van der Waals surface area contributed by atoms with Crippen molar-refractivity contribution in [1.82, 2.24) is 20.2 Å². The molecule has 1 aromatic heterocycles. The Bertz CT molecular complexity index is 1490. The van der Waals surface area contributed by atoms with Crippen LogP contribution in [0.15, 0.2) is 30.3 Å². The van der Waals surface area contributed by atoms with Crippen molar-refractivity contribution in [3.8, 4) is 0 Å². The molecule has 13 heteroatoms. The lowest BCUT2D eigenvalue weighted by molar-refractivity contribution is -0.143. The van der Waals surface area contributed by atoms with Crippen LogP contribution in [0.5, 0.6) is 0 Å². The average Bonchev–Trinajstić information content (AvgIpc) is 3.30. The van der Waals surface area contributed by atoms with Crippen LogP contribution in [0, 0.1) is 25.7 Å². The average molecular weight is 637 g/mol. The first kappa shape index (κ1) is 32.7. The predicted octanol–water partition coefficient (Wildman–Crippen LogP) is 7.61. The molecule has 2 aromatic carbocycles. The summed E-state index contributed by atoms with van der Waals surface area (Å²) in [6.45, 7) is 6.91. The monoisotopic (exact) mass is 636 g/mol. The van der Waals surface area contributed by atoms with Crippen molar-refractivity contribution in [2.24, 2.45) is 18.9 Å². The lowest BCUT2D eigenvalue weighted by Crippen LogP contribution is -2.34. The van der Waals surface area contributed by atoms with E-state index in [9.17, 15) is 31.1 Å². The number of halogens is 6. The van der Waals surface area contributed by atoms with Crippen molar-refractivity contribution in [2.75, 3.05) is 22.9 Å². The second-order valence-electron chi connectivity index (χ2n) is 12.6. The third kappa shape index (κ3) is 7.44. The van der Waals surface area contributed by atoms with Crippen LogP contribution in [-0.4, -0.2) is 39.1 Å². The first-order valence-corrected chi connectivity index (χ1v) is 15.3. The maximum Gasteiger partial charge on any atom is 0.416 e. The van der Waals surface area contributed by atoms with Gasteiger partial charge in [0.15, 0.2) is 0 Å². The molecule has 1 aliphatic heterocycles. The number of rotatable bonds is 7. The number of carbonyl (C=O) groups excluding carboxylic acids is 1. The summed E-state index contributed by atoms with van der Waals surface area (Å²) in [7, 11) is 1.55. The number of hydrogen-bond donors (Lipinski definition) is 0. The largest absolute Gasteiger partial charge is 0.416 e. The quantitative estimate of drug-likeness (QED) is 0.249. The summed E-state index contributed by atoms with van der Waals surface area (Å²) < 4.78 is 82.5. The van der Waals surface area contributed by atoms with Crippen molar-refractivity contribution in [3.05, 3.63) is 63.7 Å². The number of fused-ring (bicyclic) bond motifs is 1. The molecule has 1 aliphatic carbocycles. The van der Waals surface area contributed by atoms with Crippen LogP contribution in [0.3, 0.4) is 0 Å². The van der Waals surface area contributed by atoms with Crippen molar-refractivity contribution >= 4 is 17.4 Å². The lowest BCUT2D eigenvalue weighted by atomic mass is 9.80. The van der Waals surface area contributed by atoms with E-state index >= 15 is 0 Å². The SMILES string of the molecule is Cc1cc(C)c2c(c1)[C@@H](N(Cc1cc(C(F)(F)F)cc(C(F)(F)F)c1)c1nnn(C)n1)CCCN2C[C@H]1CC[C@H](C(C)=O)CC1. The Morgan fingerprint density at radius 3 is 2.13 bits per heavy atom. The highest BCUT2D eigenvalue weighted by molar-refractivity contribution is 5.78. The standard InChI is InChI=1S/C32H38F6N6O/c1-19-12-20(2)29-27(13-19)28(6-5-11-43(29)17-22-7-9-24(10-8-22)21(3)45)44(30-39-41-42(4)40-30)18-23-14-25(31(33,34)35)16-26(15-23)32(36,37)38/h12-16,22,24,28H,5-11,17-18H2,1-4H3/t22-,24-,28-/m0/s1. The van der Waals surface area contributed by atoms with Gasteiger partial charge in [0.1, 0.15) is 5.78 Å². The van der Waals surface area contributed by atoms with Crippen LogP contribution < -0.4 is 9.80 Å². The molecule has 0 amide bonds. The number of nitrogens with zero attached hydrogens (tertiary/aromatic N) is 6. The van der Waals surface area contributed by atoms with Gasteiger partial charge in [0, 0.05) is 31.2 Å². The number of ketones is 1. The van der Waals surface area contributed by atoms with E-state index in [1.165, 1.54) is 4.80 Å². The molecule has 2 heterocycles. The Morgan fingerprint density at radius 1 is 0.933 bits per heavy atom. The van der Waals surface area contributed by atoms with Gasteiger partial charge in [-0.05, 0) is 105 Å². The Morgan fingerprint density at radius 2 is 1.58 bits per heavy atom. The number of Topliss-reactive ketones (excluding diaryl/α,β-unsaturated/α-hetero) is 1. The Labute approximate surface area is 258 Å². The summed E-state index contributed by atoms with van der Waals surface area (Å²) >= 11 is 0. The molecule has 0 saturated heterocycles. The van der Waals surface area contributed by atoms with Crippen molar-refractivity contribution < 1.29 is 31.1 Å². The maximum absolute atomic E-state index is 13.7. The van der Waals surface area contributed by atoms with E-state index in [0.29, 0.717) is 12.3 Å². The van der Waals surface area contributed by atoms with Gasteiger partial charge < -0.3 is 9.80 Å². The zero-order chi connectivity index (χ0) is 32.7. The highest BCUT2D eigenvalue weighted by atomic mass is 19.4. The summed E-state index contributed by atoms with van der Waals surface area (Å²) in [5, 5.41) is 12.4. The first-order valence-electron chi connectivity index (χ1n) is 15.3. The summed E-state index contributed by atoms with van der Waals surface area (Å²) in [6.07, 6.45) is -4.95. The number of aromatic nitrogens is 4. The lowest BCUT2D eigenvalue weighted by Gasteiger charge is -2.36. The van der Waals surface area contributed by atoms with Crippen molar-refractivity contribution in [2.45, 2.75) is 84.2 Å². The molecule has 0 N–H and O–H groups in total. The number of tetrazole rings is 1. The van der Waals surface area contributed by atoms with Crippen LogP contribution in [0.1, 0.15) is 84.9 Å². The number of benzene rings is 2. The predicted molar refractivity (Wildman–Crippen MR) is 158 cm³/mol. The maximum atomic E-state index is 13.7. The van der Waals surface area contributed by atoms with Gasteiger partial charge in [0.05, 0.1) is 24.2 Å². The molecule has 0 bridgehead atoms. The summed E-state index contributed by atoms with van der Waals surface area (Å²) in [4.78, 5) is 17.2. The third-order valence-corrected chi connectivity index (χ3v) is 9.09. The van der Waals surface area contributed by atoms with Gasteiger partial charge in [-0.3, -0.25) is 4.79 Å². The zero-order valence-electron chi connectivity index (χ0n) is 25.8. The molecule has 7 nitrogen and oxygen atoms in total. The molecule has 0 radical (unpaired) electrons. The molecule has 1 atom stereocenters. The van der Waals surface area contributed by atoms with Gasteiger partial charge in [-0.2, -0.15) is 31.1 Å². The fourth-order valence-corrected chi connectivity index (χ4v) is 7.01. The number of anilines is 2. The second-order valence-corrected chi connectivity index (χ2v) is 12.6. The van der Waals surface area contributed by atoms with Gasteiger partial charge >= 0.3 is 12.4 Å². The van der Waals surface area contributed by atoms with Gasteiger partial charge in [0.2, 0.25) is 0 Å². The van der Waals surface area contributed by atoms with Crippen LogP contribution >= 0.6 is 0 Å². The normalized spacial score (nSPS) is 20.9. The van der Waals surface area contributed by atoms with E-state index in [2.05, 4.69) is 32.4 Å². The number of aryl methyl sites for hydroxylation is 3. The van der Waals surface area contributed by atoms with E-state index in [-0.39, 0.29) is 35.8 Å². The molecule has 0 unspecified atom stereocenters. The van der Waals surface area contributed by atoms with E-state index in [4.69, 9.17) is 0 Å². The van der Waals surface area contributed by atoms with Crippen LogP contribution in [0.25, 0.3) is 0 Å². The molecule has 5 rings (SSSR count). The molecule has 1 saturated carbocycles. The number of carbonyl (C=O) groups is 1. The number of hydrogen-bond acceptors (Lipinski definition) is 6. The van der Waals surface area contributed by atoms with Crippen molar-refractivity contribution in [1.29, 1.82) is 0 Å². The van der Waals surface area contributed by atoms with Crippen LogP contribution in [0.2, 0.25) is 0 Å². The molecule has 1 fully saturated rings. The molecule has 244 valence electrons. The Hall–Kier alpha value is -3.64. The highest BCUT2D eigenvalue weighted by Gasteiger charge is 2.38. The fraction of sp³-hybridized carbons (Fsp3) is 0.562. The molecule has 0 spiro atoms.